The van der Waals surface area contributed by atoms with Gasteiger partial charge in [-0.1, -0.05) is 175 Å². The van der Waals surface area contributed by atoms with Crippen molar-refractivity contribution < 1.29 is 41.2 Å². The van der Waals surface area contributed by atoms with Crippen LogP contribution in [-0.2, 0) is 37.1 Å². The number of rotatable bonds is 16. The quantitative estimate of drug-likeness (QED) is 0.0751. The normalized spacial score (nSPS) is 14.6. The second kappa shape index (κ2) is 21.1. The summed E-state index contributed by atoms with van der Waals surface area (Å²) in [5.41, 5.74) is 8.64. The molecule has 0 fully saturated rings. The average molecular weight is 923 g/mol. The molecule has 5 nitrogen and oxygen atoms in total. The van der Waals surface area contributed by atoms with Crippen LogP contribution in [0.2, 0.25) is 0 Å². The van der Waals surface area contributed by atoms with Gasteiger partial charge in [-0.05, 0) is 84.0 Å². The Morgan fingerprint density at radius 3 is 1.11 bits per heavy atom. The minimum Gasteiger partial charge on any atom is -1.00 e. The summed E-state index contributed by atoms with van der Waals surface area (Å²) in [6.45, 7) is 13.5. The molecule has 0 atom stereocenters. The molecule has 6 aromatic carbocycles. The summed E-state index contributed by atoms with van der Waals surface area (Å²) in [6.07, 6.45) is 9.37. The van der Waals surface area contributed by atoms with E-state index in [1.807, 2.05) is 72.8 Å². The van der Waals surface area contributed by atoms with E-state index in [1.54, 1.807) is 0 Å². The second-order valence-electron chi connectivity index (χ2n) is 18.1. The van der Waals surface area contributed by atoms with Gasteiger partial charge in [0.1, 0.15) is 35.8 Å². The maximum atomic E-state index is 14.0. The SMILES string of the molecule is CCCC[N+]1(CCCC)Cc2c(C(O)(c3ccccc3)c3ccccc3)cc(CCC)c3c2-c2c(c(C(O)(c4ccccc4)c4ccccc4)cc(CCC)c2OCCCCO3)C1.[Br-]. The fraction of sp³-hybridized carbons (Fsp3) is 0.379. The van der Waals surface area contributed by atoms with Crippen molar-refractivity contribution in [2.45, 2.75) is 116 Å². The van der Waals surface area contributed by atoms with E-state index in [0.717, 1.165) is 160 Å². The molecule has 0 aromatic heterocycles. The summed E-state index contributed by atoms with van der Waals surface area (Å²) in [6, 6.07) is 45.7. The fourth-order valence-electron chi connectivity index (χ4n) is 10.6. The van der Waals surface area contributed by atoms with Crippen molar-refractivity contribution in [3.8, 4) is 22.6 Å². The molecule has 0 saturated heterocycles. The number of nitrogens with zero attached hydrogens (tertiary/aromatic N) is 1. The zero-order chi connectivity index (χ0) is 43.9. The summed E-state index contributed by atoms with van der Waals surface area (Å²) < 4.78 is 15.2. The molecular formula is C58H68BrNO4. The van der Waals surface area contributed by atoms with Gasteiger partial charge in [0.05, 0.1) is 26.3 Å². The van der Waals surface area contributed by atoms with Crippen LogP contribution in [-0.4, -0.2) is 41.0 Å². The van der Waals surface area contributed by atoms with Gasteiger partial charge in [0.2, 0.25) is 0 Å². The third kappa shape index (κ3) is 8.96. The molecule has 2 N–H and O–H groups in total. The molecule has 0 aliphatic carbocycles. The van der Waals surface area contributed by atoms with E-state index in [2.05, 4.69) is 88.4 Å². The van der Waals surface area contributed by atoms with Gasteiger partial charge >= 0.3 is 0 Å². The van der Waals surface area contributed by atoms with Crippen molar-refractivity contribution in [3.05, 3.63) is 189 Å². The van der Waals surface area contributed by atoms with E-state index in [9.17, 15) is 10.2 Å². The zero-order valence-electron chi connectivity index (χ0n) is 38.6. The highest BCUT2D eigenvalue weighted by Gasteiger charge is 2.47. The monoisotopic (exact) mass is 921 g/mol. The van der Waals surface area contributed by atoms with Gasteiger partial charge in [-0.3, -0.25) is 0 Å². The molecule has 64 heavy (non-hydrogen) atoms. The Labute approximate surface area is 393 Å². The molecule has 0 saturated carbocycles. The number of benzene rings is 6. The van der Waals surface area contributed by atoms with Crippen LogP contribution in [0.15, 0.2) is 133 Å². The lowest BCUT2D eigenvalue weighted by atomic mass is 9.73. The van der Waals surface area contributed by atoms with Gasteiger partial charge in [0.25, 0.3) is 0 Å². The van der Waals surface area contributed by atoms with Crippen molar-refractivity contribution in [1.82, 2.24) is 0 Å². The number of halogens is 1. The highest BCUT2D eigenvalue weighted by molar-refractivity contribution is 5.87. The summed E-state index contributed by atoms with van der Waals surface area (Å²) in [4.78, 5) is 0. The number of hydrogen-bond donors (Lipinski definition) is 2. The highest BCUT2D eigenvalue weighted by Crippen LogP contribution is 2.56. The smallest absolute Gasteiger partial charge is 0.141 e. The van der Waals surface area contributed by atoms with Gasteiger partial charge in [-0.15, -0.1) is 0 Å². The number of unbranched alkanes of at least 4 members (excludes halogenated alkanes) is 2. The fourth-order valence-corrected chi connectivity index (χ4v) is 10.6. The molecule has 0 unspecified atom stereocenters. The molecule has 8 rings (SSSR count). The van der Waals surface area contributed by atoms with Gasteiger partial charge in [-0.25, -0.2) is 0 Å². The van der Waals surface area contributed by atoms with E-state index in [1.165, 1.54) is 0 Å². The van der Waals surface area contributed by atoms with Gasteiger partial charge < -0.3 is 41.2 Å². The molecule has 0 bridgehead atoms. The van der Waals surface area contributed by atoms with Gasteiger partial charge in [0, 0.05) is 33.4 Å². The van der Waals surface area contributed by atoms with E-state index in [4.69, 9.17) is 9.47 Å². The first-order chi connectivity index (χ1) is 30.8. The summed E-state index contributed by atoms with van der Waals surface area (Å²) in [7, 11) is 0. The van der Waals surface area contributed by atoms with Crippen molar-refractivity contribution in [3.63, 3.8) is 0 Å². The highest BCUT2D eigenvalue weighted by atomic mass is 79.9. The lowest BCUT2D eigenvalue weighted by molar-refractivity contribution is -0.953. The molecular weight excluding hydrogens is 855 g/mol. The number of aliphatic hydroxyl groups is 2. The molecule has 6 aromatic rings. The lowest BCUT2D eigenvalue weighted by Crippen LogP contribution is -3.00. The van der Waals surface area contributed by atoms with Crippen LogP contribution in [0, 0.1) is 0 Å². The summed E-state index contributed by atoms with van der Waals surface area (Å²) in [5, 5.41) is 28.1. The Morgan fingerprint density at radius 2 is 0.812 bits per heavy atom. The predicted molar refractivity (Wildman–Crippen MR) is 257 cm³/mol. The lowest BCUT2D eigenvalue weighted by Gasteiger charge is -2.41. The van der Waals surface area contributed by atoms with Crippen LogP contribution >= 0.6 is 0 Å². The van der Waals surface area contributed by atoms with E-state index in [-0.39, 0.29) is 17.0 Å². The standard InChI is InChI=1S/C58H68NO4.BrH/c1-5-9-35-59(36-10-6-2)41-49-51(57(60,45-27-15-11-16-28-45)46-29-17-12-18-30-46)39-43(25-7-3)55-53(49)54-50(42-59)52(40-44(26-8-4)56(54)63-38-24-23-37-62-55)58(61,47-31-19-13-20-32-47)48-33-21-14-22-34-48;/h11-22,27-34,39-40,60-61H,5-10,23-26,35-38,41-42H2,1-4H3;1H/q+1;/p-1. The van der Waals surface area contributed by atoms with Crippen LogP contribution in [0.1, 0.15) is 135 Å². The minimum atomic E-state index is -1.49. The Balaban J connectivity index is 0.00000612. The maximum absolute atomic E-state index is 14.0. The number of hydrogen-bond acceptors (Lipinski definition) is 4. The van der Waals surface area contributed by atoms with E-state index >= 15 is 0 Å². The second-order valence-corrected chi connectivity index (χ2v) is 18.1. The van der Waals surface area contributed by atoms with Crippen LogP contribution in [0.4, 0.5) is 0 Å². The zero-order valence-corrected chi connectivity index (χ0v) is 40.1. The molecule has 2 aliphatic heterocycles. The maximum Gasteiger partial charge on any atom is 0.141 e. The first-order valence-corrected chi connectivity index (χ1v) is 24.0. The Kier molecular flexibility index (Phi) is 15.5. The predicted octanol–water partition coefficient (Wildman–Crippen LogP) is 9.81. The topological polar surface area (TPSA) is 58.9 Å². The Hall–Kier alpha value is -4.72. The molecule has 2 aliphatic rings. The van der Waals surface area contributed by atoms with Crippen molar-refractivity contribution >= 4 is 0 Å². The Morgan fingerprint density at radius 1 is 0.484 bits per heavy atom. The van der Waals surface area contributed by atoms with Crippen molar-refractivity contribution in [2.75, 3.05) is 26.3 Å². The molecule has 0 spiro atoms. The molecule has 0 radical (unpaired) electrons. The van der Waals surface area contributed by atoms with Crippen LogP contribution in [0.3, 0.4) is 0 Å². The number of quaternary nitrogens is 1. The minimum absolute atomic E-state index is 0. The van der Waals surface area contributed by atoms with Gasteiger partial charge in [0.15, 0.2) is 0 Å². The number of ether oxygens (including phenoxy) is 2. The summed E-state index contributed by atoms with van der Waals surface area (Å²) >= 11 is 0. The van der Waals surface area contributed by atoms with Gasteiger partial charge in [-0.2, -0.15) is 0 Å². The van der Waals surface area contributed by atoms with Crippen LogP contribution in [0.5, 0.6) is 11.5 Å². The summed E-state index contributed by atoms with van der Waals surface area (Å²) in [5.74, 6) is 1.81. The van der Waals surface area contributed by atoms with Crippen molar-refractivity contribution in [2.24, 2.45) is 0 Å². The van der Waals surface area contributed by atoms with Crippen LogP contribution < -0.4 is 26.5 Å². The largest absolute Gasteiger partial charge is 1.00 e. The van der Waals surface area contributed by atoms with Crippen molar-refractivity contribution in [1.29, 1.82) is 0 Å². The van der Waals surface area contributed by atoms with E-state index < -0.39 is 11.2 Å². The average Bonchev–Trinajstić information content (AvgIpc) is 3.48. The third-order valence-corrected chi connectivity index (χ3v) is 13.8. The molecule has 6 heteroatoms. The first-order valence-electron chi connectivity index (χ1n) is 24.0. The van der Waals surface area contributed by atoms with Crippen LogP contribution in [0.25, 0.3) is 11.1 Å². The number of aryl methyl sites for hydroxylation is 2. The Bertz CT molecular complexity index is 2190. The van der Waals surface area contributed by atoms with E-state index in [0.29, 0.717) is 26.3 Å². The first kappa shape index (κ1) is 47.2. The third-order valence-electron chi connectivity index (χ3n) is 13.8. The molecule has 0 amide bonds. The molecule has 336 valence electrons. The molecule has 2 heterocycles.